The average molecular weight is 341 g/mol. The zero-order chi connectivity index (χ0) is 17.9. The van der Waals surface area contributed by atoms with Crippen LogP contribution in [0.4, 0.5) is 0 Å². The number of rotatable bonds is 11. The molecule has 2 aromatic rings. The number of benzene rings is 2. The topological polar surface area (TPSA) is 32.7 Å². The second-order valence-corrected chi connectivity index (χ2v) is 6.48. The number of phenols is 1. The van der Waals surface area contributed by atoms with E-state index in [4.69, 9.17) is 4.74 Å². The minimum absolute atomic E-state index is 0.239. The summed E-state index contributed by atoms with van der Waals surface area (Å²) in [5.74, 6) is 0.807. The Morgan fingerprint density at radius 1 is 0.840 bits per heavy atom. The maximum Gasteiger partial charge on any atom is 0.160 e. The molecule has 0 spiro atoms. The van der Waals surface area contributed by atoms with Gasteiger partial charge in [0.2, 0.25) is 0 Å². The minimum atomic E-state index is 0.239. The largest absolute Gasteiger partial charge is 0.504 e. The third kappa shape index (κ3) is 6.79. The Bertz CT molecular complexity index is 607. The molecule has 0 fully saturated rings. The third-order valence-corrected chi connectivity index (χ3v) is 4.31. The van der Waals surface area contributed by atoms with E-state index in [-0.39, 0.29) is 5.75 Å². The van der Waals surface area contributed by atoms with Crippen molar-refractivity contribution in [2.24, 2.45) is 0 Å². The lowest BCUT2D eigenvalue weighted by atomic mass is 10.1. The van der Waals surface area contributed by atoms with Crippen molar-refractivity contribution in [2.75, 3.05) is 26.2 Å². The van der Waals surface area contributed by atoms with Crippen LogP contribution in [0, 0.1) is 0 Å². The summed E-state index contributed by atoms with van der Waals surface area (Å²) < 4.78 is 5.74. The quantitative estimate of drug-likeness (QED) is 0.644. The van der Waals surface area contributed by atoms with Crippen LogP contribution in [-0.4, -0.2) is 36.2 Å². The average Bonchev–Trinajstić information content (AvgIpc) is 2.62. The van der Waals surface area contributed by atoms with Crippen molar-refractivity contribution in [1.29, 1.82) is 0 Å². The predicted octanol–water partition coefficient (Wildman–Crippen LogP) is 4.68. The normalized spacial score (nSPS) is 11.0. The van der Waals surface area contributed by atoms with Gasteiger partial charge in [0.05, 0.1) is 6.61 Å². The molecule has 2 aromatic carbocycles. The van der Waals surface area contributed by atoms with Gasteiger partial charge >= 0.3 is 0 Å². The molecule has 3 heteroatoms. The molecule has 0 heterocycles. The van der Waals surface area contributed by atoms with Gasteiger partial charge in [-0.1, -0.05) is 50.2 Å². The second kappa shape index (κ2) is 10.8. The van der Waals surface area contributed by atoms with E-state index < -0.39 is 0 Å². The Morgan fingerprint density at radius 3 is 2.20 bits per heavy atom. The van der Waals surface area contributed by atoms with E-state index in [1.807, 2.05) is 30.3 Å². The Balaban J connectivity index is 1.82. The van der Waals surface area contributed by atoms with E-state index in [0.717, 1.165) is 38.0 Å². The Morgan fingerprint density at radius 2 is 1.56 bits per heavy atom. The molecule has 0 aliphatic rings. The van der Waals surface area contributed by atoms with E-state index >= 15 is 0 Å². The smallest absolute Gasteiger partial charge is 0.160 e. The van der Waals surface area contributed by atoms with Crippen molar-refractivity contribution in [3.63, 3.8) is 0 Å². The summed E-state index contributed by atoms with van der Waals surface area (Å²) in [5, 5.41) is 10.2. The molecule has 0 saturated heterocycles. The lowest BCUT2D eigenvalue weighted by molar-refractivity contribution is 0.277. The molecule has 1 N–H and O–H groups in total. The maximum atomic E-state index is 10.2. The van der Waals surface area contributed by atoms with Crippen LogP contribution in [0.3, 0.4) is 0 Å². The molecule has 0 radical (unpaired) electrons. The van der Waals surface area contributed by atoms with Crippen molar-refractivity contribution < 1.29 is 9.84 Å². The highest BCUT2D eigenvalue weighted by Gasteiger charge is 2.07. The molecule has 2 rings (SSSR count). The van der Waals surface area contributed by atoms with Gasteiger partial charge in [0, 0.05) is 13.0 Å². The van der Waals surface area contributed by atoms with Crippen molar-refractivity contribution in [2.45, 2.75) is 39.5 Å². The molecule has 0 aromatic heterocycles. The summed E-state index contributed by atoms with van der Waals surface area (Å²) in [6.45, 7) is 8.32. The van der Waals surface area contributed by atoms with Crippen LogP contribution in [0.5, 0.6) is 11.5 Å². The van der Waals surface area contributed by atoms with Gasteiger partial charge in [0.25, 0.3) is 0 Å². The summed E-state index contributed by atoms with van der Waals surface area (Å²) in [7, 11) is 0. The second-order valence-electron chi connectivity index (χ2n) is 6.48. The van der Waals surface area contributed by atoms with Crippen molar-refractivity contribution in [3.8, 4) is 11.5 Å². The number of phenolic OH excluding ortho intramolecular Hbond substituents is 1. The fraction of sp³-hybridized carbons (Fsp3) is 0.455. The number of hydrogen-bond acceptors (Lipinski definition) is 3. The number of nitrogens with zero attached hydrogens (tertiary/aromatic N) is 1. The lowest BCUT2D eigenvalue weighted by Gasteiger charge is -2.21. The fourth-order valence-electron chi connectivity index (χ4n) is 3.02. The zero-order valence-corrected chi connectivity index (χ0v) is 15.6. The first-order valence-electron chi connectivity index (χ1n) is 9.44. The molecule has 136 valence electrons. The summed E-state index contributed by atoms with van der Waals surface area (Å²) in [5.41, 5.74) is 2.40. The number of hydrogen-bond donors (Lipinski definition) is 1. The highest BCUT2D eigenvalue weighted by molar-refractivity contribution is 5.41. The predicted molar refractivity (Wildman–Crippen MR) is 104 cm³/mol. The molecular weight excluding hydrogens is 310 g/mol. The summed E-state index contributed by atoms with van der Waals surface area (Å²) in [6.07, 6.45) is 4.15. The van der Waals surface area contributed by atoms with Crippen LogP contribution < -0.4 is 4.74 Å². The van der Waals surface area contributed by atoms with Crippen LogP contribution in [0.2, 0.25) is 0 Å². The Labute approximate surface area is 152 Å². The van der Waals surface area contributed by atoms with Gasteiger partial charge in [-0.3, -0.25) is 0 Å². The van der Waals surface area contributed by atoms with Crippen LogP contribution in [-0.2, 0) is 12.8 Å². The van der Waals surface area contributed by atoms with Crippen LogP contribution in [0.1, 0.15) is 37.8 Å². The highest BCUT2D eigenvalue weighted by atomic mass is 16.5. The molecule has 0 atom stereocenters. The van der Waals surface area contributed by atoms with Gasteiger partial charge in [-0.25, -0.2) is 0 Å². The van der Waals surface area contributed by atoms with Crippen molar-refractivity contribution in [3.05, 3.63) is 59.7 Å². The Kier molecular flexibility index (Phi) is 8.33. The fourth-order valence-corrected chi connectivity index (χ4v) is 3.02. The number of aromatic hydroxyl groups is 1. The van der Waals surface area contributed by atoms with E-state index in [1.165, 1.54) is 18.4 Å². The van der Waals surface area contributed by atoms with E-state index in [2.05, 4.69) is 36.9 Å². The van der Waals surface area contributed by atoms with E-state index in [0.29, 0.717) is 12.4 Å². The maximum absolute atomic E-state index is 10.2. The first-order valence-corrected chi connectivity index (χ1v) is 9.44. The first kappa shape index (κ1) is 19.3. The van der Waals surface area contributed by atoms with E-state index in [9.17, 15) is 5.11 Å². The lowest BCUT2D eigenvalue weighted by Crippen LogP contribution is -2.27. The SMILES string of the molecule is CCCN(CCC)CCc1ccc(OCCc2ccccc2)c(O)c1. The highest BCUT2D eigenvalue weighted by Crippen LogP contribution is 2.27. The molecule has 0 aliphatic carbocycles. The Hall–Kier alpha value is -2.00. The monoisotopic (exact) mass is 341 g/mol. The molecule has 0 amide bonds. The van der Waals surface area contributed by atoms with Gasteiger partial charge in [-0.05, 0) is 55.6 Å². The molecule has 0 bridgehead atoms. The molecule has 0 aliphatic heterocycles. The van der Waals surface area contributed by atoms with Crippen LogP contribution in [0.15, 0.2) is 48.5 Å². The van der Waals surface area contributed by atoms with Gasteiger partial charge in [0.15, 0.2) is 11.5 Å². The van der Waals surface area contributed by atoms with Gasteiger partial charge < -0.3 is 14.7 Å². The zero-order valence-electron chi connectivity index (χ0n) is 15.6. The first-order chi connectivity index (χ1) is 12.2. The minimum Gasteiger partial charge on any atom is -0.504 e. The summed E-state index contributed by atoms with van der Waals surface area (Å²) in [4.78, 5) is 2.49. The molecular formula is C22H31NO2. The van der Waals surface area contributed by atoms with Crippen LogP contribution >= 0.6 is 0 Å². The third-order valence-electron chi connectivity index (χ3n) is 4.31. The van der Waals surface area contributed by atoms with Gasteiger partial charge in [-0.15, -0.1) is 0 Å². The molecule has 0 saturated carbocycles. The molecule has 0 unspecified atom stereocenters. The van der Waals surface area contributed by atoms with Gasteiger partial charge in [0.1, 0.15) is 0 Å². The standard InChI is InChI=1S/C22H31NO2/c1-3-14-23(15-4-2)16-12-20-10-11-22(21(24)18-20)25-17-13-19-8-6-5-7-9-19/h5-11,18,24H,3-4,12-17H2,1-2H3. The number of ether oxygens (including phenoxy) is 1. The summed E-state index contributed by atoms with van der Waals surface area (Å²) in [6, 6.07) is 16.0. The van der Waals surface area contributed by atoms with E-state index in [1.54, 1.807) is 0 Å². The molecule has 3 nitrogen and oxygen atoms in total. The van der Waals surface area contributed by atoms with Crippen molar-refractivity contribution >= 4 is 0 Å². The van der Waals surface area contributed by atoms with Gasteiger partial charge in [-0.2, -0.15) is 0 Å². The molecule has 25 heavy (non-hydrogen) atoms. The van der Waals surface area contributed by atoms with Crippen LogP contribution in [0.25, 0.3) is 0 Å². The van der Waals surface area contributed by atoms with Crippen molar-refractivity contribution in [1.82, 2.24) is 4.90 Å². The summed E-state index contributed by atoms with van der Waals surface area (Å²) >= 11 is 0.